The Hall–Kier alpha value is -0.0800. The molecule has 0 aliphatic heterocycles. The van der Waals surface area contributed by atoms with E-state index >= 15 is 0 Å². The minimum atomic E-state index is 0. The van der Waals surface area contributed by atoms with E-state index in [0.717, 1.165) is 0 Å². The van der Waals surface area contributed by atoms with Crippen LogP contribution in [0.1, 0.15) is 79.1 Å². The van der Waals surface area contributed by atoms with Gasteiger partial charge in [0.1, 0.15) is 0 Å². The lowest BCUT2D eigenvalue weighted by molar-refractivity contribution is -0.929. The molecule has 0 fully saturated rings. The van der Waals surface area contributed by atoms with Gasteiger partial charge in [0.15, 0.2) is 0 Å². The van der Waals surface area contributed by atoms with Crippen molar-refractivity contribution in [3.05, 3.63) is 0 Å². The van der Waals surface area contributed by atoms with E-state index in [1.165, 1.54) is 82.0 Å². The van der Waals surface area contributed by atoms with Crippen molar-refractivity contribution in [2.75, 3.05) is 26.2 Å². The van der Waals surface area contributed by atoms with Crippen LogP contribution in [0.3, 0.4) is 0 Å². The molecule has 0 N–H and O–H groups in total. The molecule has 0 aromatic rings. The van der Waals surface area contributed by atoms with Gasteiger partial charge >= 0.3 is 0 Å². The maximum absolute atomic E-state index is 2.33. The molecule has 0 aliphatic rings. The summed E-state index contributed by atoms with van der Waals surface area (Å²) < 4.78 is 1.42. The van der Waals surface area contributed by atoms with Crippen molar-refractivity contribution in [1.29, 1.82) is 0 Å². The third kappa shape index (κ3) is 8.93. The van der Waals surface area contributed by atoms with E-state index in [1.54, 1.807) is 0 Å². The van der Waals surface area contributed by atoms with Crippen LogP contribution in [-0.2, 0) is 5.48 Å². The van der Waals surface area contributed by atoms with Crippen LogP contribution in [0, 0.1) is 0 Å². The van der Waals surface area contributed by atoms with E-state index in [2.05, 4.69) is 27.7 Å². The summed E-state index contributed by atoms with van der Waals surface area (Å²) in [5.74, 6) is 0. The Balaban J connectivity index is 0. The fourth-order valence-electron chi connectivity index (χ4n) is 2.64. The minimum Gasteiger partial charge on any atom is -2.00 e. The molecular formula is C16H36NO-. The molecule has 18 heavy (non-hydrogen) atoms. The standard InChI is InChI=1S/C16H36N.O/c1-5-9-13-17(14-10-6-2,15-11-7-3)16-12-8-4;/h5-16H2,1-4H3;/q+1;-2. The van der Waals surface area contributed by atoms with Crippen molar-refractivity contribution in [2.24, 2.45) is 0 Å². The predicted molar refractivity (Wildman–Crippen MR) is 80.0 cm³/mol. The smallest absolute Gasteiger partial charge is 0.0786 e. The van der Waals surface area contributed by atoms with Crippen molar-refractivity contribution in [3.63, 3.8) is 0 Å². The maximum Gasteiger partial charge on any atom is 0.0786 e. The van der Waals surface area contributed by atoms with Gasteiger partial charge in [-0.2, -0.15) is 0 Å². The van der Waals surface area contributed by atoms with Gasteiger partial charge in [-0.1, -0.05) is 53.4 Å². The number of nitrogens with zero attached hydrogens (tertiary/aromatic N) is 1. The van der Waals surface area contributed by atoms with E-state index in [4.69, 9.17) is 0 Å². The summed E-state index contributed by atoms with van der Waals surface area (Å²) in [6.07, 6.45) is 11.1. The molecule has 0 radical (unpaired) electrons. The SMILES string of the molecule is CCCC[N+](CCCC)(CCCC)CCCC.[O-2]. The van der Waals surface area contributed by atoms with Gasteiger partial charge in [0.2, 0.25) is 0 Å². The summed E-state index contributed by atoms with van der Waals surface area (Å²) in [5.41, 5.74) is 0. The Morgan fingerprint density at radius 1 is 0.500 bits per heavy atom. The van der Waals surface area contributed by atoms with Crippen molar-refractivity contribution in [2.45, 2.75) is 79.1 Å². The average Bonchev–Trinajstić information content (AvgIpc) is 2.37. The highest BCUT2D eigenvalue weighted by molar-refractivity contribution is 4.49. The monoisotopic (exact) mass is 258 g/mol. The lowest BCUT2D eigenvalue weighted by atomic mass is 10.1. The summed E-state index contributed by atoms with van der Waals surface area (Å²) in [4.78, 5) is 0. The van der Waals surface area contributed by atoms with E-state index < -0.39 is 0 Å². The van der Waals surface area contributed by atoms with Gasteiger partial charge in [-0.15, -0.1) is 0 Å². The first-order chi connectivity index (χ1) is 8.24. The topological polar surface area (TPSA) is 28.5 Å². The zero-order valence-electron chi connectivity index (χ0n) is 13.3. The molecule has 0 unspecified atom stereocenters. The van der Waals surface area contributed by atoms with Crippen molar-refractivity contribution in [3.8, 4) is 0 Å². The van der Waals surface area contributed by atoms with Crippen LogP contribution in [0.5, 0.6) is 0 Å². The molecule has 2 heteroatoms. The van der Waals surface area contributed by atoms with Gasteiger partial charge in [-0.05, 0) is 25.7 Å². The van der Waals surface area contributed by atoms with Crippen molar-refractivity contribution in [1.82, 2.24) is 0 Å². The molecule has 0 spiro atoms. The van der Waals surface area contributed by atoms with Crippen molar-refractivity contribution >= 4 is 0 Å². The molecule has 2 nitrogen and oxygen atoms in total. The highest BCUT2D eigenvalue weighted by Crippen LogP contribution is 2.16. The second kappa shape index (κ2) is 13.4. The number of hydrogen-bond acceptors (Lipinski definition) is 0. The molecule has 0 aromatic heterocycles. The van der Waals surface area contributed by atoms with Crippen LogP contribution >= 0.6 is 0 Å². The lowest BCUT2D eigenvalue weighted by Crippen LogP contribution is -2.50. The molecule has 0 amide bonds. The first-order valence-corrected chi connectivity index (χ1v) is 8.09. The van der Waals surface area contributed by atoms with Gasteiger partial charge in [0, 0.05) is 0 Å². The Kier molecular flexibility index (Phi) is 15.0. The average molecular weight is 258 g/mol. The molecule has 0 heterocycles. The van der Waals surface area contributed by atoms with Crippen LogP contribution in [0.25, 0.3) is 0 Å². The normalized spacial score (nSPS) is 11.3. The summed E-state index contributed by atoms with van der Waals surface area (Å²) in [6.45, 7) is 15.0. The van der Waals surface area contributed by atoms with Crippen molar-refractivity contribution < 1.29 is 9.96 Å². The second-order valence-corrected chi connectivity index (χ2v) is 5.65. The first kappa shape index (κ1) is 20.2. The quantitative estimate of drug-likeness (QED) is 0.446. The number of rotatable bonds is 12. The summed E-state index contributed by atoms with van der Waals surface area (Å²) in [7, 11) is 0. The van der Waals surface area contributed by atoms with Gasteiger partial charge in [-0.3, -0.25) is 0 Å². The number of unbranched alkanes of at least 4 members (excludes halogenated alkanes) is 4. The van der Waals surface area contributed by atoms with E-state index in [9.17, 15) is 0 Å². The van der Waals surface area contributed by atoms with Crippen LogP contribution in [0.4, 0.5) is 0 Å². The van der Waals surface area contributed by atoms with Gasteiger partial charge in [0.25, 0.3) is 0 Å². The zero-order valence-corrected chi connectivity index (χ0v) is 13.3. The largest absolute Gasteiger partial charge is 2.00 e. The number of quaternary nitrogens is 1. The van der Waals surface area contributed by atoms with E-state index in [0.29, 0.717) is 0 Å². The summed E-state index contributed by atoms with van der Waals surface area (Å²) in [5, 5.41) is 0. The fourth-order valence-corrected chi connectivity index (χ4v) is 2.64. The maximum atomic E-state index is 2.33. The third-order valence-electron chi connectivity index (χ3n) is 3.94. The summed E-state index contributed by atoms with van der Waals surface area (Å²) >= 11 is 0. The lowest BCUT2D eigenvalue weighted by Gasteiger charge is -2.39. The first-order valence-electron chi connectivity index (χ1n) is 8.09. The Morgan fingerprint density at radius 3 is 0.889 bits per heavy atom. The number of hydrogen-bond donors (Lipinski definition) is 0. The second-order valence-electron chi connectivity index (χ2n) is 5.65. The zero-order chi connectivity index (χ0) is 13.0. The molecule has 0 saturated heterocycles. The van der Waals surface area contributed by atoms with Crippen LogP contribution < -0.4 is 0 Å². The van der Waals surface area contributed by atoms with Crippen LogP contribution in [0.2, 0.25) is 0 Å². The minimum absolute atomic E-state index is 0. The Morgan fingerprint density at radius 2 is 0.722 bits per heavy atom. The molecule has 0 aromatic carbocycles. The fraction of sp³-hybridized carbons (Fsp3) is 1.00. The molecule has 0 atom stereocenters. The molecule has 0 bridgehead atoms. The Bertz CT molecular complexity index is 122. The molecule has 0 saturated carbocycles. The van der Waals surface area contributed by atoms with Crippen LogP contribution in [0.15, 0.2) is 0 Å². The van der Waals surface area contributed by atoms with E-state index in [-0.39, 0.29) is 5.48 Å². The van der Waals surface area contributed by atoms with Gasteiger partial charge in [0.05, 0.1) is 26.2 Å². The van der Waals surface area contributed by atoms with Gasteiger partial charge in [-0.25, -0.2) is 0 Å². The van der Waals surface area contributed by atoms with E-state index in [1.807, 2.05) is 0 Å². The summed E-state index contributed by atoms with van der Waals surface area (Å²) in [6, 6.07) is 0. The molecular weight excluding hydrogens is 222 g/mol. The molecule has 0 aliphatic carbocycles. The predicted octanol–water partition coefficient (Wildman–Crippen LogP) is 4.88. The third-order valence-corrected chi connectivity index (χ3v) is 3.94. The Labute approximate surface area is 116 Å². The van der Waals surface area contributed by atoms with Gasteiger partial charge < -0.3 is 9.96 Å². The highest BCUT2D eigenvalue weighted by Gasteiger charge is 2.24. The highest BCUT2D eigenvalue weighted by atomic mass is 16.0. The molecule has 112 valence electrons. The molecule has 0 rings (SSSR count). The van der Waals surface area contributed by atoms with Crippen LogP contribution in [-0.4, -0.2) is 30.7 Å².